The van der Waals surface area contributed by atoms with Crippen molar-refractivity contribution in [2.45, 2.75) is 40.0 Å². The second-order valence-corrected chi connectivity index (χ2v) is 7.23. The molecule has 0 aromatic heterocycles. The lowest BCUT2D eigenvalue weighted by atomic mass is 9.78. The summed E-state index contributed by atoms with van der Waals surface area (Å²) < 4.78 is 5.57. The number of ether oxygens (including phenoxy) is 1. The maximum atomic E-state index is 12.6. The van der Waals surface area contributed by atoms with Gasteiger partial charge in [-0.25, -0.2) is 0 Å². The first-order valence-electron chi connectivity index (χ1n) is 9.94. The normalized spacial score (nSPS) is 17.6. The van der Waals surface area contributed by atoms with Crippen molar-refractivity contribution in [2.75, 3.05) is 46.4 Å². The first-order chi connectivity index (χ1) is 13.0. The summed E-state index contributed by atoms with van der Waals surface area (Å²) in [6, 6.07) is 0. The quantitative estimate of drug-likeness (QED) is 0.471. The molecule has 1 aliphatic rings. The number of piperidine rings is 1. The maximum absolute atomic E-state index is 12.6. The summed E-state index contributed by atoms with van der Waals surface area (Å²) in [6.45, 7) is 10.9. The van der Waals surface area contributed by atoms with Gasteiger partial charge in [-0.05, 0) is 58.0 Å². The number of hydrogen-bond acceptors (Lipinski definition) is 4. The molecule has 0 saturated carbocycles. The molecule has 0 aliphatic carbocycles. The van der Waals surface area contributed by atoms with Gasteiger partial charge in [-0.2, -0.15) is 0 Å². The molecule has 1 amide bonds. The van der Waals surface area contributed by atoms with E-state index in [2.05, 4.69) is 10.6 Å². The Morgan fingerprint density at radius 1 is 1.33 bits per heavy atom. The molecule has 1 saturated heterocycles. The fourth-order valence-corrected chi connectivity index (χ4v) is 3.49. The molecule has 1 rings (SSSR count). The third kappa shape index (κ3) is 7.86. The van der Waals surface area contributed by atoms with Gasteiger partial charge >= 0.3 is 0 Å². The van der Waals surface area contributed by atoms with Crippen LogP contribution in [0.1, 0.15) is 40.0 Å². The van der Waals surface area contributed by atoms with Crippen molar-refractivity contribution in [3.63, 3.8) is 0 Å². The zero-order chi connectivity index (χ0) is 20.1. The van der Waals surface area contributed by atoms with Gasteiger partial charge in [-0.3, -0.25) is 4.79 Å². The summed E-state index contributed by atoms with van der Waals surface area (Å²) >= 11 is 0. The number of likely N-dealkylation sites (tertiary alicyclic amines) is 1. The topological polar surface area (TPSA) is 58.8 Å². The Labute approximate surface area is 165 Å². The highest BCUT2D eigenvalue weighted by Gasteiger charge is 2.37. The second kappa shape index (κ2) is 12.7. The van der Waals surface area contributed by atoms with E-state index in [0.717, 1.165) is 38.2 Å². The van der Waals surface area contributed by atoms with E-state index in [1.54, 1.807) is 7.11 Å². The molecule has 5 heteroatoms. The van der Waals surface area contributed by atoms with E-state index < -0.39 is 0 Å². The third-order valence-corrected chi connectivity index (χ3v) is 5.14. The highest BCUT2D eigenvalue weighted by atomic mass is 16.5. The Morgan fingerprint density at radius 3 is 2.59 bits per heavy atom. The summed E-state index contributed by atoms with van der Waals surface area (Å²) in [5, 5.41) is 0. The van der Waals surface area contributed by atoms with E-state index in [4.69, 9.17) is 10.5 Å². The van der Waals surface area contributed by atoms with Crippen molar-refractivity contribution in [1.82, 2.24) is 9.80 Å². The Bertz CT molecular complexity index is 566. The first-order valence-corrected chi connectivity index (χ1v) is 9.94. The van der Waals surface area contributed by atoms with Crippen LogP contribution in [0.4, 0.5) is 0 Å². The molecule has 152 valence electrons. The van der Waals surface area contributed by atoms with Gasteiger partial charge in [0.1, 0.15) is 0 Å². The minimum absolute atomic E-state index is 0.00964. The number of carbonyl (C=O) groups is 1. The Balaban J connectivity index is 2.96. The number of nitrogens with zero attached hydrogens (tertiary/aromatic N) is 2. The lowest BCUT2D eigenvalue weighted by Gasteiger charge is -2.44. The van der Waals surface area contributed by atoms with Crippen LogP contribution < -0.4 is 5.73 Å². The van der Waals surface area contributed by atoms with Crippen molar-refractivity contribution in [3.05, 3.63) is 41.8 Å². The smallest absolute Gasteiger partial charge is 0.226 e. The monoisotopic (exact) mass is 375 g/mol. The molecule has 0 aromatic rings. The SMILES string of the molecule is C/C=C\C=C=C/C=C(\C)N(CC1(COC)CCN(CCN)CC1)C(=O)CC. The van der Waals surface area contributed by atoms with Crippen LogP contribution in [0.2, 0.25) is 0 Å². The zero-order valence-corrected chi connectivity index (χ0v) is 17.5. The summed E-state index contributed by atoms with van der Waals surface area (Å²) in [7, 11) is 1.75. The molecule has 1 aliphatic heterocycles. The molecular weight excluding hydrogens is 338 g/mol. The fourth-order valence-electron chi connectivity index (χ4n) is 3.49. The van der Waals surface area contributed by atoms with E-state index in [9.17, 15) is 4.79 Å². The number of hydrogen-bond donors (Lipinski definition) is 1. The number of carbonyl (C=O) groups excluding carboxylic acids is 1. The predicted molar refractivity (Wildman–Crippen MR) is 112 cm³/mol. The van der Waals surface area contributed by atoms with Crippen molar-refractivity contribution >= 4 is 5.91 Å². The highest BCUT2D eigenvalue weighted by molar-refractivity contribution is 5.77. The fraction of sp³-hybridized carbons (Fsp3) is 0.636. The van der Waals surface area contributed by atoms with Gasteiger partial charge in [-0.15, -0.1) is 5.73 Å². The highest BCUT2D eigenvalue weighted by Crippen LogP contribution is 2.34. The first kappa shape index (κ1) is 23.4. The average molecular weight is 376 g/mol. The van der Waals surface area contributed by atoms with Crippen LogP contribution in [0.5, 0.6) is 0 Å². The van der Waals surface area contributed by atoms with Crippen LogP contribution in [0.25, 0.3) is 0 Å². The molecule has 1 fully saturated rings. The zero-order valence-electron chi connectivity index (χ0n) is 17.5. The summed E-state index contributed by atoms with van der Waals surface area (Å²) in [6.07, 6.45) is 12.1. The van der Waals surface area contributed by atoms with Crippen LogP contribution in [0, 0.1) is 5.41 Å². The van der Waals surface area contributed by atoms with Crippen LogP contribution >= 0.6 is 0 Å². The average Bonchev–Trinajstić information content (AvgIpc) is 2.67. The van der Waals surface area contributed by atoms with Crippen LogP contribution in [-0.4, -0.2) is 62.1 Å². The van der Waals surface area contributed by atoms with Gasteiger partial charge in [0.2, 0.25) is 5.91 Å². The van der Waals surface area contributed by atoms with Crippen LogP contribution in [0.3, 0.4) is 0 Å². The minimum Gasteiger partial charge on any atom is -0.384 e. The Kier molecular flexibility index (Phi) is 11.0. The molecule has 0 bridgehead atoms. The van der Waals surface area contributed by atoms with Crippen molar-refractivity contribution < 1.29 is 9.53 Å². The molecule has 0 radical (unpaired) electrons. The number of allylic oxidation sites excluding steroid dienone is 5. The van der Waals surface area contributed by atoms with Gasteiger partial charge in [0, 0.05) is 44.3 Å². The van der Waals surface area contributed by atoms with E-state index in [-0.39, 0.29) is 11.3 Å². The molecule has 0 atom stereocenters. The van der Waals surface area contributed by atoms with Gasteiger partial charge in [0.25, 0.3) is 0 Å². The van der Waals surface area contributed by atoms with Crippen LogP contribution in [-0.2, 0) is 9.53 Å². The lowest BCUT2D eigenvalue weighted by Crippen LogP contribution is -2.50. The number of nitrogens with two attached hydrogens (primary N) is 1. The maximum Gasteiger partial charge on any atom is 0.226 e. The van der Waals surface area contributed by atoms with Gasteiger partial charge in [-0.1, -0.05) is 19.1 Å². The molecule has 0 unspecified atom stereocenters. The molecule has 1 heterocycles. The second-order valence-electron chi connectivity index (χ2n) is 7.23. The van der Waals surface area contributed by atoms with Gasteiger partial charge < -0.3 is 20.3 Å². The largest absolute Gasteiger partial charge is 0.384 e. The predicted octanol–water partition coefficient (Wildman–Crippen LogP) is 3.10. The summed E-state index contributed by atoms with van der Waals surface area (Å²) in [5.74, 6) is 0.148. The third-order valence-electron chi connectivity index (χ3n) is 5.14. The van der Waals surface area contributed by atoms with Gasteiger partial charge in [0.15, 0.2) is 0 Å². The molecule has 5 nitrogen and oxygen atoms in total. The summed E-state index contributed by atoms with van der Waals surface area (Å²) in [4.78, 5) is 17.0. The van der Waals surface area contributed by atoms with Crippen molar-refractivity contribution in [1.29, 1.82) is 0 Å². The van der Waals surface area contributed by atoms with Crippen LogP contribution in [0.15, 0.2) is 41.8 Å². The molecule has 0 spiro atoms. The van der Waals surface area contributed by atoms with E-state index in [1.807, 2.05) is 56.1 Å². The van der Waals surface area contributed by atoms with E-state index in [0.29, 0.717) is 26.1 Å². The number of rotatable bonds is 10. The van der Waals surface area contributed by atoms with E-state index in [1.165, 1.54) is 0 Å². The van der Waals surface area contributed by atoms with Gasteiger partial charge in [0.05, 0.1) is 6.61 Å². The summed E-state index contributed by atoms with van der Waals surface area (Å²) in [5.41, 5.74) is 9.73. The molecule has 27 heavy (non-hydrogen) atoms. The number of amides is 1. The number of methoxy groups -OCH3 is 1. The molecular formula is C22H37N3O2. The molecule has 0 aromatic carbocycles. The standard InChI is InChI=1S/C22H37N3O2/c1-5-7-8-9-10-11-20(3)25(21(26)6-2)18-22(19-27-4)12-15-24(16-13-22)17-14-23/h5,7-8,10-11H,6,12-19,23H2,1-4H3/b7-5-,20-11+. The molecule has 2 N–H and O–H groups in total. The van der Waals surface area contributed by atoms with E-state index >= 15 is 0 Å². The van der Waals surface area contributed by atoms with Crippen molar-refractivity contribution in [2.24, 2.45) is 11.1 Å². The Morgan fingerprint density at radius 2 is 2.04 bits per heavy atom. The van der Waals surface area contributed by atoms with Crippen molar-refractivity contribution in [3.8, 4) is 0 Å². The Hall–Kier alpha value is -1.65. The minimum atomic E-state index is -0.00964. The lowest BCUT2D eigenvalue weighted by molar-refractivity contribution is -0.131.